The predicted octanol–water partition coefficient (Wildman–Crippen LogP) is 2.97. The van der Waals surface area contributed by atoms with Crippen molar-refractivity contribution in [3.8, 4) is 0 Å². The maximum atomic E-state index is 6.03. The minimum Gasteiger partial charge on any atom is -0.377 e. The Morgan fingerprint density at radius 3 is 2.44 bits per heavy atom. The maximum absolute atomic E-state index is 6.03. The van der Waals surface area contributed by atoms with E-state index in [1.165, 1.54) is 38.5 Å². The number of rotatable bonds is 8. The van der Waals surface area contributed by atoms with Gasteiger partial charge in [-0.3, -0.25) is 0 Å². The van der Waals surface area contributed by atoms with Crippen molar-refractivity contribution >= 4 is 0 Å². The molecule has 2 aliphatic rings. The summed E-state index contributed by atoms with van der Waals surface area (Å²) in [5.41, 5.74) is 0. The largest absolute Gasteiger partial charge is 0.377 e. The van der Waals surface area contributed by atoms with Crippen molar-refractivity contribution in [2.24, 2.45) is 11.8 Å². The highest BCUT2D eigenvalue weighted by Crippen LogP contribution is 2.29. The molecule has 0 radical (unpaired) electrons. The topological polar surface area (TPSA) is 21.3 Å². The Morgan fingerprint density at radius 1 is 1.19 bits per heavy atom. The van der Waals surface area contributed by atoms with Gasteiger partial charge in [-0.05, 0) is 31.1 Å². The number of hydrogen-bond acceptors (Lipinski definition) is 2. The Bertz CT molecular complexity index is 197. The fourth-order valence-electron chi connectivity index (χ4n) is 2.22. The number of ether oxygens (including phenoxy) is 1. The van der Waals surface area contributed by atoms with Gasteiger partial charge in [-0.25, -0.2) is 0 Å². The third kappa shape index (κ3) is 4.06. The minimum atomic E-state index is 0.417. The van der Waals surface area contributed by atoms with Crippen molar-refractivity contribution in [2.45, 2.75) is 64.5 Å². The Kier molecular flexibility index (Phi) is 4.66. The number of nitrogens with one attached hydrogen (secondary N) is 1. The van der Waals surface area contributed by atoms with Crippen LogP contribution in [0.1, 0.15) is 52.4 Å². The van der Waals surface area contributed by atoms with Crippen LogP contribution < -0.4 is 5.32 Å². The van der Waals surface area contributed by atoms with Crippen LogP contribution in [0.4, 0.5) is 0 Å². The zero-order valence-electron chi connectivity index (χ0n) is 10.9. The molecule has 0 spiro atoms. The third-order valence-corrected chi connectivity index (χ3v) is 4.01. The summed E-state index contributed by atoms with van der Waals surface area (Å²) >= 11 is 0. The quantitative estimate of drug-likeness (QED) is 0.686. The van der Waals surface area contributed by atoms with Crippen molar-refractivity contribution in [3.05, 3.63) is 0 Å². The summed E-state index contributed by atoms with van der Waals surface area (Å²) in [5.74, 6) is 1.61. The van der Waals surface area contributed by atoms with Crippen LogP contribution in [0.2, 0.25) is 0 Å². The fraction of sp³-hybridized carbons (Fsp3) is 1.00. The van der Waals surface area contributed by atoms with Gasteiger partial charge in [0.1, 0.15) is 0 Å². The summed E-state index contributed by atoms with van der Waals surface area (Å²) in [7, 11) is 0. The molecule has 94 valence electrons. The van der Waals surface area contributed by atoms with Gasteiger partial charge in [0.05, 0.1) is 6.10 Å². The van der Waals surface area contributed by atoms with Crippen molar-refractivity contribution in [1.29, 1.82) is 0 Å². The van der Waals surface area contributed by atoms with Gasteiger partial charge in [0.2, 0.25) is 0 Å². The molecule has 2 aliphatic carbocycles. The van der Waals surface area contributed by atoms with Crippen LogP contribution in [0.5, 0.6) is 0 Å². The average Bonchev–Trinajstić information content (AvgIpc) is 2.96. The van der Waals surface area contributed by atoms with Crippen LogP contribution in [0.3, 0.4) is 0 Å². The molecular weight excluding hydrogens is 198 g/mol. The van der Waals surface area contributed by atoms with Gasteiger partial charge in [0.25, 0.3) is 0 Å². The van der Waals surface area contributed by atoms with Gasteiger partial charge >= 0.3 is 0 Å². The standard InChI is InChI=1S/C14H27NO/c1-11(2)14(10-15-13-6-7-13)16-9-8-12-4-3-5-12/h11-15H,3-10H2,1-2H3. The van der Waals surface area contributed by atoms with E-state index in [9.17, 15) is 0 Å². The highest BCUT2D eigenvalue weighted by atomic mass is 16.5. The van der Waals surface area contributed by atoms with Crippen molar-refractivity contribution in [1.82, 2.24) is 5.32 Å². The summed E-state index contributed by atoms with van der Waals surface area (Å²) in [6.07, 6.45) is 8.76. The molecule has 0 aromatic heterocycles. The lowest BCUT2D eigenvalue weighted by atomic mass is 9.83. The van der Waals surface area contributed by atoms with E-state index in [4.69, 9.17) is 4.74 Å². The SMILES string of the molecule is CC(C)C(CNC1CC1)OCCC1CCC1. The molecule has 2 heteroatoms. The summed E-state index contributed by atoms with van der Waals surface area (Å²) in [5, 5.41) is 3.58. The molecule has 0 saturated heterocycles. The second-order valence-electron chi connectivity index (χ2n) is 5.92. The average molecular weight is 225 g/mol. The van der Waals surface area contributed by atoms with Crippen molar-refractivity contribution in [2.75, 3.05) is 13.2 Å². The molecule has 0 aliphatic heterocycles. The van der Waals surface area contributed by atoms with E-state index in [2.05, 4.69) is 19.2 Å². The second kappa shape index (κ2) is 6.02. The number of hydrogen-bond donors (Lipinski definition) is 1. The van der Waals surface area contributed by atoms with Crippen molar-refractivity contribution in [3.63, 3.8) is 0 Å². The molecule has 0 heterocycles. The molecular formula is C14H27NO. The van der Waals surface area contributed by atoms with Crippen molar-refractivity contribution < 1.29 is 4.74 Å². The molecule has 2 nitrogen and oxygen atoms in total. The summed E-state index contributed by atoms with van der Waals surface area (Å²) < 4.78 is 6.03. The van der Waals surface area contributed by atoms with E-state index < -0.39 is 0 Å². The Balaban J connectivity index is 1.56. The molecule has 1 N–H and O–H groups in total. The van der Waals surface area contributed by atoms with Crippen LogP contribution in [0.15, 0.2) is 0 Å². The molecule has 2 rings (SSSR count). The van der Waals surface area contributed by atoms with E-state index in [-0.39, 0.29) is 0 Å². The van der Waals surface area contributed by atoms with Gasteiger partial charge in [0, 0.05) is 19.2 Å². The zero-order chi connectivity index (χ0) is 11.4. The highest BCUT2D eigenvalue weighted by molar-refractivity contribution is 4.82. The molecule has 0 amide bonds. The molecule has 1 atom stereocenters. The molecule has 1 unspecified atom stereocenters. The van der Waals surface area contributed by atoms with E-state index in [0.717, 1.165) is 25.1 Å². The first-order chi connectivity index (χ1) is 7.75. The first kappa shape index (κ1) is 12.4. The molecule has 2 saturated carbocycles. The molecule has 0 aromatic rings. The van der Waals surface area contributed by atoms with Gasteiger partial charge in [-0.15, -0.1) is 0 Å². The fourth-order valence-corrected chi connectivity index (χ4v) is 2.22. The van der Waals surface area contributed by atoms with Crippen LogP contribution >= 0.6 is 0 Å². The first-order valence-electron chi connectivity index (χ1n) is 7.10. The van der Waals surface area contributed by atoms with E-state index in [0.29, 0.717) is 12.0 Å². The Hall–Kier alpha value is -0.0800. The Labute approximate surface area is 100 Å². The van der Waals surface area contributed by atoms with Gasteiger partial charge in [-0.2, -0.15) is 0 Å². The second-order valence-corrected chi connectivity index (χ2v) is 5.92. The lowest BCUT2D eigenvalue weighted by Gasteiger charge is -2.27. The lowest BCUT2D eigenvalue weighted by Crippen LogP contribution is -2.34. The smallest absolute Gasteiger partial charge is 0.0722 e. The zero-order valence-corrected chi connectivity index (χ0v) is 10.9. The normalized spacial score (nSPS) is 23.4. The highest BCUT2D eigenvalue weighted by Gasteiger charge is 2.24. The van der Waals surface area contributed by atoms with Gasteiger partial charge < -0.3 is 10.1 Å². The molecule has 16 heavy (non-hydrogen) atoms. The summed E-state index contributed by atoms with van der Waals surface area (Å²) in [6, 6.07) is 0.802. The van der Waals surface area contributed by atoms with Gasteiger partial charge in [-0.1, -0.05) is 33.1 Å². The van der Waals surface area contributed by atoms with Crippen LogP contribution in [-0.4, -0.2) is 25.3 Å². The maximum Gasteiger partial charge on any atom is 0.0722 e. The van der Waals surface area contributed by atoms with E-state index in [1.54, 1.807) is 0 Å². The van der Waals surface area contributed by atoms with Crippen LogP contribution in [0, 0.1) is 11.8 Å². The van der Waals surface area contributed by atoms with Crippen LogP contribution in [-0.2, 0) is 4.74 Å². The summed E-state index contributed by atoms with van der Waals surface area (Å²) in [4.78, 5) is 0. The van der Waals surface area contributed by atoms with Gasteiger partial charge in [0.15, 0.2) is 0 Å². The molecule has 0 aromatic carbocycles. The molecule has 0 bridgehead atoms. The predicted molar refractivity (Wildman–Crippen MR) is 67.6 cm³/mol. The third-order valence-electron chi connectivity index (χ3n) is 4.01. The minimum absolute atomic E-state index is 0.417. The molecule has 2 fully saturated rings. The van der Waals surface area contributed by atoms with E-state index in [1.807, 2.05) is 0 Å². The summed E-state index contributed by atoms with van der Waals surface area (Å²) in [6.45, 7) is 6.55. The first-order valence-corrected chi connectivity index (χ1v) is 7.10. The Morgan fingerprint density at radius 2 is 1.94 bits per heavy atom. The lowest BCUT2D eigenvalue weighted by molar-refractivity contribution is 0.0110. The monoisotopic (exact) mass is 225 g/mol. The van der Waals surface area contributed by atoms with E-state index >= 15 is 0 Å². The van der Waals surface area contributed by atoms with Crippen LogP contribution in [0.25, 0.3) is 0 Å².